The summed E-state index contributed by atoms with van der Waals surface area (Å²) in [6.07, 6.45) is 2.89. The summed E-state index contributed by atoms with van der Waals surface area (Å²) >= 11 is 0. The van der Waals surface area contributed by atoms with Gasteiger partial charge >= 0.3 is 6.18 Å². The third kappa shape index (κ3) is 4.36. The quantitative estimate of drug-likeness (QED) is 0.285. The second-order valence-corrected chi connectivity index (χ2v) is 9.05. The Hall–Kier alpha value is -4.66. The summed E-state index contributed by atoms with van der Waals surface area (Å²) < 4.78 is 39.7. The predicted molar refractivity (Wildman–Crippen MR) is 141 cm³/mol. The number of pyridine rings is 2. The van der Waals surface area contributed by atoms with Gasteiger partial charge in [-0.3, -0.25) is 9.98 Å². The topological polar surface area (TPSA) is 76.0 Å². The number of benzene rings is 2. The van der Waals surface area contributed by atoms with Crippen molar-refractivity contribution in [2.24, 2.45) is 4.99 Å². The molecular weight excluding hydrogens is 489 g/mol. The lowest BCUT2D eigenvalue weighted by Crippen LogP contribution is -2.05. The van der Waals surface area contributed by atoms with Crippen LogP contribution in [0.2, 0.25) is 0 Å². The zero-order valence-electron chi connectivity index (χ0n) is 20.3. The van der Waals surface area contributed by atoms with Crippen LogP contribution in [0.3, 0.4) is 0 Å². The Kier molecular flexibility index (Phi) is 5.83. The van der Waals surface area contributed by atoms with Gasteiger partial charge < -0.3 is 5.32 Å². The predicted octanol–water partition coefficient (Wildman–Crippen LogP) is 6.68. The van der Waals surface area contributed by atoms with E-state index in [4.69, 9.17) is 4.98 Å². The van der Waals surface area contributed by atoms with Crippen LogP contribution in [-0.2, 0) is 19.1 Å². The molecule has 0 amide bonds. The van der Waals surface area contributed by atoms with Gasteiger partial charge in [-0.15, -0.1) is 0 Å². The molecule has 3 aromatic heterocycles. The van der Waals surface area contributed by atoms with E-state index in [9.17, 15) is 13.2 Å². The van der Waals surface area contributed by atoms with Gasteiger partial charge in [0.1, 0.15) is 12.1 Å². The smallest absolute Gasteiger partial charge is 0.340 e. The molecule has 0 aliphatic carbocycles. The SMILES string of the molecule is Cc1ccc2c(Nc3cccc(C(F)(F)F)c3)nccc2c1Cc1ncccc1-c1ncnc2c1C=NC2. The summed E-state index contributed by atoms with van der Waals surface area (Å²) in [6, 6.07) is 14.8. The molecule has 0 radical (unpaired) electrons. The van der Waals surface area contributed by atoms with E-state index in [0.717, 1.165) is 62.2 Å². The third-order valence-electron chi connectivity index (χ3n) is 6.66. The molecule has 188 valence electrons. The van der Waals surface area contributed by atoms with Crippen molar-refractivity contribution in [3.8, 4) is 11.3 Å². The first-order valence-electron chi connectivity index (χ1n) is 12.0. The minimum atomic E-state index is -4.43. The lowest BCUT2D eigenvalue weighted by Gasteiger charge is -2.16. The summed E-state index contributed by atoms with van der Waals surface area (Å²) in [6.45, 7) is 2.57. The molecule has 0 bridgehead atoms. The first-order valence-corrected chi connectivity index (χ1v) is 12.0. The minimum absolute atomic E-state index is 0.313. The van der Waals surface area contributed by atoms with Crippen molar-refractivity contribution in [1.29, 1.82) is 0 Å². The fraction of sp³-hybridized carbons (Fsp3) is 0.138. The molecule has 0 saturated heterocycles. The van der Waals surface area contributed by atoms with Crippen LogP contribution in [0.15, 0.2) is 78.3 Å². The summed E-state index contributed by atoms with van der Waals surface area (Å²) in [5.74, 6) is 0.481. The number of fused-ring (bicyclic) bond motifs is 2. The van der Waals surface area contributed by atoms with Crippen molar-refractivity contribution in [3.05, 3.63) is 107 Å². The monoisotopic (exact) mass is 510 g/mol. The highest BCUT2D eigenvalue weighted by molar-refractivity contribution is 5.96. The summed E-state index contributed by atoms with van der Waals surface area (Å²) in [5, 5.41) is 4.83. The Balaban J connectivity index is 1.41. The van der Waals surface area contributed by atoms with Crippen molar-refractivity contribution < 1.29 is 13.2 Å². The van der Waals surface area contributed by atoms with Gasteiger partial charge in [0.05, 0.1) is 29.2 Å². The highest BCUT2D eigenvalue weighted by atomic mass is 19.4. The van der Waals surface area contributed by atoms with Crippen molar-refractivity contribution in [1.82, 2.24) is 19.9 Å². The van der Waals surface area contributed by atoms with E-state index >= 15 is 0 Å². The normalized spacial score (nSPS) is 12.6. The Morgan fingerprint density at radius 3 is 2.66 bits per heavy atom. The van der Waals surface area contributed by atoms with Crippen LogP contribution in [0, 0.1) is 6.92 Å². The molecule has 0 saturated carbocycles. The lowest BCUT2D eigenvalue weighted by molar-refractivity contribution is -0.137. The van der Waals surface area contributed by atoms with E-state index in [1.165, 1.54) is 6.07 Å². The number of aryl methyl sites for hydroxylation is 1. The van der Waals surface area contributed by atoms with Gasteiger partial charge in [0.15, 0.2) is 0 Å². The molecule has 6 nitrogen and oxygen atoms in total. The van der Waals surface area contributed by atoms with Crippen LogP contribution in [0.25, 0.3) is 22.0 Å². The average molecular weight is 511 g/mol. The van der Waals surface area contributed by atoms with Crippen LogP contribution in [0.5, 0.6) is 0 Å². The van der Waals surface area contributed by atoms with Gasteiger partial charge in [0.2, 0.25) is 0 Å². The summed E-state index contributed by atoms with van der Waals surface area (Å²) in [4.78, 5) is 22.4. The van der Waals surface area contributed by atoms with Gasteiger partial charge in [-0.05, 0) is 59.8 Å². The molecule has 0 fully saturated rings. The van der Waals surface area contributed by atoms with Gasteiger partial charge in [0, 0.05) is 47.2 Å². The zero-order chi connectivity index (χ0) is 26.3. The molecule has 38 heavy (non-hydrogen) atoms. The van der Waals surface area contributed by atoms with Crippen LogP contribution < -0.4 is 5.32 Å². The molecule has 1 N–H and O–H groups in total. The highest BCUT2D eigenvalue weighted by Gasteiger charge is 2.30. The molecule has 2 aromatic carbocycles. The summed E-state index contributed by atoms with van der Waals surface area (Å²) in [7, 11) is 0. The van der Waals surface area contributed by atoms with Crippen molar-refractivity contribution in [2.75, 3.05) is 5.32 Å². The van der Waals surface area contributed by atoms with Crippen molar-refractivity contribution in [2.45, 2.75) is 26.1 Å². The Labute approximate surface area is 216 Å². The Bertz CT molecular complexity index is 1710. The third-order valence-corrected chi connectivity index (χ3v) is 6.66. The average Bonchev–Trinajstić information content (AvgIpc) is 3.40. The maximum atomic E-state index is 13.2. The number of halogens is 3. The number of rotatable bonds is 5. The number of aromatic nitrogens is 4. The number of aliphatic imine (C=N–C) groups is 1. The van der Waals surface area contributed by atoms with Crippen molar-refractivity contribution >= 4 is 28.5 Å². The Morgan fingerprint density at radius 2 is 1.79 bits per heavy atom. The van der Waals surface area contributed by atoms with Gasteiger partial charge in [-0.2, -0.15) is 13.2 Å². The fourth-order valence-electron chi connectivity index (χ4n) is 4.76. The fourth-order valence-corrected chi connectivity index (χ4v) is 4.76. The molecule has 6 rings (SSSR count). The maximum absolute atomic E-state index is 13.2. The number of nitrogens with zero attached hydrogens (tertiary/aromatic N) is 5. The van der Waals surface area contributed by atoms with Crippen LogP contribution in [0.4, 0.5) is 24.7 Å². The number of hydrogen-bond acceptors (Lipinski definition) is 6. The molecule has 0 atom stereocenters. The lowest BCUT2D eigenvalue weighted by atomic mass is 9.94. The van der Waals surface area contributed by atoms with E-state index in [1.54, 1.807) is 24.8 Å². The number of alkyl halides is 3. The number of nitrogens with one attached hydrogen (secondary N) is 1. The Morgan fingerprint density at radius 1 is 0.895 bits per heavy atom. The number of anilines is 2. The molecule has 5 aromatic rings. The minimum Gasteiger partial charge on any atom is -0.340 e. The first-order chi connectivity index (χ1) is 18.4. The molecule has 4 heterocycles. The second kappa shape index (κ2) is 9.33. The molecule has 9 heteroatoms. The van der Waals surface area contributed by atoms with E-state index in [0.29, 0.717) is 24.5 Å². The highest BCUT2D eigenvalue weighted by Crippen LogP contribution is 2.35. The largest absolute Gasteiger partial charge is 0.416 e. The van der Waals surface area contributed by atoms with Crippen LogP contribution in [-0.4, -0.2) is 26.2 Å². The standard InChI is InChI=1S/C29H21F3N6/c1-17-7-8-21-20(9-11-35-28(21)38-19-5-2-4-18(12-19)29(30,31)32)23(17)13-25-22(6-3-10-34-25)27-24-14-33-15-26(24)36-16-37-27/h2-12,14,16H,13,15H2,1H3,(H,35,38). The maximum Gasteiger partial charge on any atom is 0.416 e. The molecular formula is C29H21F3N6. The van der Waals surface area contributed by atoms with Crippen LogP contribution >= 0.6 is 0 Å². The van der Waals surface area contributed by atoms with Crippen LogP contribution in [0.1, 0.15) is 33.6 Å². The molecule has 1 aliphatic heterocycles. The van der Waals surface area contributed by atoms with E-state index in [-0.39, 0.29) is 0 Å². The molecule has 0 spiro atoms. The van der Waals surface area contributed by atoms with Gasteiger partial charge in [-0.25, -0.2) is 15.0 Å². The molecule has 1 aliphatic rings. The van der Waals surface area contributed by atoms with Crippen molar-refractivity contribution in [3.63, 3.8) is 0 Å². The first kappa shape index (κ1) is 23.7. The number of hydrogen-bond donors (Lipinski definition) is 1. The van der Waals surface area contributed by atoms with Gasteiger partial charge in [-0.1, -0.05) is 18.2 Å². The second-order valence-electron chi connectivity index (χ2n) is 9.05. The van der Waals surface area contributed by atoms with Gasteiger partial charge in [0.25, 0.3) is 0 Å². The van der Waals surface area contributed by atoms with E-state index in [1.807, 2.05) is 43.5 Å². The van der Waals surface area contributed by atoms with E-state index in [2.05, 4.69) is 25.3 Å². The van der Waals surface area contributed by atoms with E-state index < -0.39 is 11.7 Å². The zero-order valence-corrected chi connectivity index (χ0v) is 20.3. The summed E-state index contributed by atoms with van der Waals surface area (Å²) in [5.41, 5.74) is 6.08. The molecule has 0 unspecified atom stereocenters.